The SMILES string of the molecule is Cc1ccc2c(c1)nc(C(C)CCCC(C)N)n2C1CC1. The van der Waals surface area contributed by atoms with E-state index in [-0.39, 0.29) is 0 Å². The van der Waals surface area contributed by atoms with E-state index in [0.29, 0.717) is 18.0 Å². The van der Waals surface area contributed by atoms with Crippen molar-refractivity contribution in [2.75, 3.05) is 0 Å². The van der Waals surface area contributed by atoms with Crippen LogP contribution < -0.4 is 5.73 Å². The average Bonchev–Trinajstić information content (AvgIpc) is 3.18. The fourth-order valence-corrected chi connectivity index (χ4v) is 3.17. The molecule has 1 aliphatic rings. The van der Waals surface area contributed by atoms with Crippen LogP contribution in [0.5, 0.6) is 0 Å². The van der Waals surface area contributed by atoms with Crippen molar-refractivity contribution in [2.45, 2.75) is 70.9 Å². The van der Waals surface area contributed by atoms with E-state index in [9.17, 15) is 0 Å². The number of hydrogen-bond acceptors (Lipinski definition) is 2. The van der Waals surface area contributed by atoms with Gasteiger partial charge in [-0.2, -0.15) is 0 Å². The molecule has 0 radical (unpaired) electrons. The highest BCUT2D eigenvalue weighted by molar-refractivity contribution is 5.77. The Bertz CT molecular complexity index is 623. The molecule has 2 aromatic rings. The summed E-state index contributed by atoms with van der Waals surface area (Å²) < 4.78 is 2.51. The summed E-state index contributed by atoms with van der Waals surface area (Å²) in [7, 11) is 0. The fourth-order valence-electron chi connectivity index (χ4n) is 3.17. The topological polar surface area (TPSA) is 43.8 Å². The van der Waals surface area contributed by atoms with E-state index in [2.05, 4.69) is 43.5 Å². The van der Waals surface area contributed by atoms with Gasteiger partial charge in [0.25, 0.3) is 0 Å². The zero-order valence-corrected chi connectivity index (χ0v) is 13.5. The standard InChI is InChI=1S/C18H27N3/c1-12-7-10-17-16(11-12)20-18(21(17)15-8-9-15)13(2)5-4-6-14(3)19/h7,10-11,13-15H,4-6,8-9,19H2,1-3H3. The van der Waals surface area contributed by atoms with Crippen molar-refractivity contribution in [2.24, 2.45) is 5.73 Å². The summed E-state index contributed by atoms with van der Waals surface area (Å²) in [5.74, 6) is 1.79. The third-order valence-corrected chi connectivity index (χ3v) is 4.52. The van der Waals surface area contributed by atoms with Crippen LogP contribution in [0.15, 0.2) is 18.2 Å². The molecule has 3 nitrogen and oxygen atoms in total. The molecule has 2 atom stereocenters. The maximum atomic E-state index is 5.86. The molecule has 3 heteroatoms. The molecule has 1 heterocycles. The first-order valence-corrected chi connectivity index (χ1v) is 8.30. The maximum Gasteiger partial charge on any atom is 0.112 e. The van der Waals surface area contributed by atoms with Gasteiger partial charge in [0.05, 0.1) is 11.0 Å². The molecule has 1 saturated carbocycles. The number of benzene rings is 1. The molecule has 1 fully saturated rings. The van der Waals surface area contributed by atoms with Crippen LogP contribution in [0, 0.1) is 6.92 Å². The van der Waals surface area contributed by atoms with Crippen molar-refractivity contribution in [3.63, 3.8) is 0 Å². The van der Waals surface area contributed by atoms with E-state index in [1.807, 2.05) is 0 Å². The molecule has 1 aliphatic carbocycles. The molecule has 0 aliphatic heterocycles. The minimum Gasteiger partial charge on any atom is -0.328 e. The molecular weight excluding hydrogens is 258 g/mol. The maximum absolute atomic E-state index is 5.86. The zero-order valence-electron chi connectivity index (χ0n) is 13.5. The predicted octanol–water partition coefficient (Wildman–Crippen LogP) is 4.30. The highest BCUT2D eigenvalue weighted by Crippen LogP contribution is 2.41. The van der Waals surface area contributed by atoms with Crippen LogP contribution in [0.2, 0.25) is 0 Å². The Morgan fingerprint density at radius 1 is 1.29 bits per heavy atom. The second-order valence-electron chi connectivity index (χ2n) is 6.87. The molecular formula is C18H27N3. The molecule has 0 amide bonds. The fraction of sp³-hybridized carbons (Fsp3) is 0.611. The highest BCUT2D eigenvalue weighted by Gasteiger charge is 2.29. The zero-order chi connectivity index (χ0) is 15.0. The lowest BCUT2D eigenvalue weighted by Gasteiger charge is -2.15. The highest BCUT2D eigenvalue weighted by atomic mass is 15.1. The van der Waals surface area contributed by atoms with Crippen molar-refractivity contribution < 1.29 is 0 Å². The minimum atomic E-state index is 0.307. The van der Waals surface area contributed by atoms with Gasteiger partial charge < -0.3 is 10.3 Å². The summed E-state index contributed by atoms with van der Waals surface area (Å²) >= 11 is 0. The van der Waals surface area contributed by atoms with Gasteiger partial charge in [-0.15, -0.1) is 0 Å². The first-order valence-electron chi connectivity index (χ1n) is 8.30. The van der Waals surface area contributed by atoms with Crippen LogP contribution in [0.3, 0.4) is 0 Å². The Morgan fingerprint density at radius 2 is 2.05 bits per heavy atom. The quantitative estimate of drug-likeness (QED) is 0.860. The third-order valence-electron chi connectivity index (χ3n) is 4.52. The number of imidazole rings is 1. The average molecular weight is 285 g/mol. The van der Waals surface area contributed by atoms with E-state index < -0.39 is 0 Å². The van der Waals surface area contributed by atoms with Gasteiger partial charge in [-0.25, -0.2) is 4.98 Å². The molecule has 1 aromatic heterocycles. The lowest BCUT2D eigenvalue weighted by Crippen LogP contribution is -2.14. The normalized spacial score (nSPS) is 18.1. The van der Waals surface area contributed by atoms with Gasteiger partial charge in [0.2, 0.25) is 0 Å². The first kappa shape index (κ1) is 14.6. The van der Waals surface area contributed by atoms with E-state index in [0.717, 1.165) is 11.9 Å². The Morgan fingerprint density at radius 3 is 2.71 bits per heavy atom. The monoisotopic (exact) mass is 285 g/mol. The number of nitrogens with two attached hydrogens (primary N) is 1. The number of aromatic nitrogens is 2. The van der Waals surface area contributed by atoms with Crippen LogP contribution in [0.25, 0.3) is 11.0 Å². The van der Waals surface area contributed by atoms with Crippen LogP contribution in [0.1, 0.15) is 69.3 Å². The Kier molecular flexibility index (Phi) is 4.03. The van der Waals surface area contributed by atoms with Crippen molar-refractivity contribution >= 4 is 11.0 Å². The summed E-state index contributed by atoms with van der Waals surface area (Å²) in [6.07, 6.45) is 6.08. The minimum absolute atomic E-state index is 0.307. The molecule has 0 saturated heterocycles. The second kappa shape index (κ2) is 5.80. The molecule has 0 spiro atoms. The largest absolute Gasteiger partial charge is 0.328 e. The van der Waals surface area contributed by atoms with Crippen molar-refractivity contribution in [1.29, 1.82) is 0 Å². The molecule has 114 valence electrons. The predicted molar refractivity (Wildman–Crippen MR) is 88.7 cm³/mol. The Hall–Kier alpha value is -1.35. The summed E-state index contributed by atoms with van der Waals surface area (Å²) in [5.41, 5.74) is 9.63. The van der Waals surface area contributed by atoms with Gasteiger partial charge in [-0.3, -0.25) is 0 Å². The van der Waals surface area contributed by atoms with E-state index in [1.165, 1.54) is 42.6 Å². The molecule has 2 N–H and O–H groups in total. The van der Waals surface area contributed by atoms with Gasteiger partial charge in [0.15, 0.2) is 0 Å². The molecule has 21 heavy (non-hydrogen) atoms. The molecule has 3 rings (SSSR count). The van der Waals surface area contributed by atoms with Crippen LogP contribution in [0.4, 0.5) is 0 Å². The lowest BCUT2D eigenvalue weighted by molar-refractivity contribution is 0.526. The van der Waals surface area contributed by atoms with Gasteiger partial charge in [0.1, 0.15) is 5.82 Å². The number of aryl methyl sites for hydroxylation is 1. The lowest BCUT2D eigenvalue weighted by atomic mass is 10.0. The van der Waals surface area contributed by atoms with E-state index in [4.69, 9.17) is 10.7 Å². The number of fused-ring (bicyclic) bond motifs is 1. The van der Waals surface area contributed by atoms with Crippen LogP contribution >= 0.6 is 0 Å². The van der Waals surface area contributed by atoms with E-state index >= 15 is 0 Å². The van der Waals surface area contributed by atoms with Crippen molar-refractivity contribution in [3.8, 4) is 0 Å². The Balaban J connectivity index is 1.88. The van der Waals surface area contributed by atoms with Crippen LogP contribution in [-0.4, -0.2) is 15.6 Å². The van der Waals surface area contributed by atoms with Crippen molar-refractivity contribution in [1.82, 2.24) is 9.55 Å². The van der Waals surface area contributed by atoms with Crippen LogP contribution in [-0.2, 0) is 0 Å². The molecule has 0 bridgehead atoms. The second-order valence-corrected chi connectivity index (χ2v) is 6.87. The third kappa shape index (κ3) is 3.13. The first-order chi connectivity index (χ1) is 10.1. The summed E-state index contributed by atoms with van der Waals surface area (Å²) in [5, 5.41) is 0. The number of rotatable bonds is 6. The van der Waals surface area contributed by atoms with Gasteiger partial charge in [0, 0.05) is 18.0 Å². The smallest absolute Gasteiger partial charge is 0.112 e. The number of nitrogens with zero attached hydrogens (tertiary/aromatic N) is 2. The number of hydrogen-bond donors (Lipinski definition) is 1. The van der Waals surface area contributed by atoms with Crippen molar-refractivity contribution in [3.05, 3.63) is 29.6 Å². The van der Waals surface area contributed by atoms with Gasteiger partial charge in [-0.1, -0.05) is 19.4 Å². The summed E-state index contributed by atoms with van der Waals surface area (Å²) in [6, 6.07) is 7.65. The van der Waals surface area contributed by atoms with Gasteiger partial charge >= 0.3 is 0 Å². The van der Waals surface area contributed by atoms with E-state index in [1.54, 1.807) is 0 Å². The van der Waals surface area contributed by atoms with Gasteiger partial charge in [-0.05, 0) is 57.2 Å². The Labute approximate surface area is 127 Å². The molecule has 2 unspecified atom stereocenters. The summed E-state index contributed by atoms with van der Waals surface area (Å²) in [4.78, 5) is 4.96. The molecule has 1 aromatic carbocycles. The summed E-state index contributed by atoms with van der Waals surface area (Å²) in [6.45, 7) is 6.54.